The Morgan fingerprint density at radius 3 is 2.48 bits per heavy atom. The van der Waals surface area contributed by atoms with Gasteiger partial charge in [-0.15, -0.1) is 0 Å². The molecule has 2 rings (SSSR count). The number of ether oxygens (including phenoxy) is 2. The smallest absolute Gasteiger partial charge is 0.307 e. The molecule has 0 aliphatic carbocycles. The maximum Gasteiger partial charge on any atom is 0.307 e. The summed E-state index contributed by atoms with van der Waals surface area (Å²) in [5.74, 6) is -2.14. The van der Waals surface area contributed by atoms with E-state index >= 15 is 0 Å². The molecule has 0 saturated carbocycles. The third kappa shape index (κ3) is 6.42. The van der Waals surface area contributed by atoms with Crippen molar-refractivity contribution >= 4 is 41.2 Å². The van der Waals surface area contributed by atoms with Gasteiger partial charge in [0.1, 0.15) is 5.82 Å². The molecule has 0 aliphatic heterocycles. The first-order valence-corrected chi connectivity index (χ1v) is 8.82. The molecule has 0 saturated heterocycles. The number of carbonyl (C=O) groups is 3. The van der Waals surface area contributed by atoms with E-state index in [0.29, 0.717) is 5.69 Å². The van der Waals surface area contributed by atoms with Crippen LogP contribution in [-0.4, -0.2) is 41.8 Å². The molecule has 1 amide bonds. The van der Waals surface area contributed by atoms with Crippen LogP contribution in [0.15, 0.2) is 36.7 Å². The van der Waals surface area contributed by atoms with E-state index in [1.807, 2.05) is 0 Å². The lowest BCUT2D eigenvalue weighted by Gasteiger charge is -2.15. The Labute approximate surface area is 171 Å². The lowest BCUT2D eigenvalue weighted by molar-refractivity contribution is -0.144. The summed E-state index contributed by atoms with van der Waals surface area (Å²) >= 11 is 5.91. The maximum absolute atomic E-state index is 13.7. The molecule has 2 aromatic rings. The molecule has 0 fully saturated rings. The largest absolute Gasteiger partial charge is 0.469 e. The predicted molar refractivity (Wildman–Crippen MR) is 104 cm³/mol. The molecule has 0 spiro atoms. The van der Waals surface area contributed by atoms with E-state index < -0.39 is 29.7 Å². The molecule has 0 aliphatic rings. The molecular weight excluding hydrogens is 405 g/mol. The molecule has 8 nitrogen and oxygen atoms in total. The van der Waals surface area contributed by atoms with E-state index in [-0.39, 0.29) is 23.4 Å². The van der Waals surface area contributed by atoms with Crippen LogP contribution in [0.25, 0.3) is 6.08 Å². The van der Waals surface area contributed by atoms with Crippen molar-refractivity contribution in [3.63, 3.8) is 0 Å². The van der Waals surface area contributed by atoms with Gasteiger partial charge in [0.2, 0.25) is 5.91 Å². The van der Waals surface area contributed by atoms with Crippen molar-refractivity contribution in [1.82, 2.24) is 9.78 Å². The first kappa shape index (κ1) is 22.1. The van der Waals surface area contributed by atoms with Gasteiger partial charge in [-0.25, -0.2) is 4.39 Å². The van der Waals surface area contributed by atoms with Crippen LogP contribution in [0.5, 0.6) is 0 Å². The van der Waals surface area contributed by atoms with Gasteiger partial charge in [0, 0.05) is 17.8 Å². The third-order valence-electron chi connectivity index (χ3n) is 3.90. The van der Waals surface area contributed by atoms with E-state index in [1.165, 1.54) is 55.6 Å². The van der Waals surface area contributed by atoms with Crippen LogP contribution >= 0.6 is 11.6 Å². The fraction of sp³-hybridized carbons (Fsp3) is 0.263. The second kappa shape index (κ2) is 10.4. The first-order valence-electron chi connectivity index (χ1n) is 8.45. The van der Waals surface area contributed by atoms with Gasteiger partial charge in [-0.3, -0.25) is 19.1 Å². The number of halogens is 2. The Balaban J connectivity index is 2.08. The number of esters is 2. The number of methoxy groups -OCH3 is 2. The van der Waals surface area contributed by atoms with Crippen LogP contribution in [0.1, 0.15) is 24.4 Å². The minimum absolute atomic E-state index is 0.0937. The van der Waals surface area contributed by atoms with Gasteiger partial charge in [-0.2, -0.15) is 5.10 Å². The van der Waals surface area contributed by atoms with E-state index in [1.54, 1.807) is 0 Å². The normalized spacial score (nSPS) is 10.9. The number of benzene rings is 1. The molecule has 0 atom stereocenters. The Bertz CT molecular complexity index is 890. The molecule has 154 valence electrons. The van der Waals surface area contributed by atoms with Crippen molar-refractivity contribution in [3.05, 3.63) is 53.1 Å². The average Bonchev–Trinajstić information content (AvgIpc) is 3.15. The summed E-state index contributed by atoms with van der Waals surface area (Å²) in [6, 6.07) is 3.56. The third-order valence-corrected chi connectivity index (χ3v) is 4.23. The Morgan fingerprint density at radius 1 is 1.24 bits per heavy atom. The van der Waals surface area contributed by atoms with Crippen molar-refractivity contribution in [1.29, 1.82) is 0 Å². The zero-order chi connectivity index (χ0) is 21.4. The van der Waals surface area contributed by atoms with Gasteiger partial charge < -0.3 is 14.8 Å². The highest BCUT2D eigenvalue weighted by atomic mass is 35.5. The second-order valence-corrected chi connectivity index (χ2v) is 6.29. The van der Waals surface area contributed by atoms with Crippen molar-refractivity contribution in [2.24, 2.45) is 0 Å². The molecule has 10 heteroatoms. The van der Waals surface area contributed by atoms with E-state index in [9.17, 15) is 18.8 Å². The zero-order valence-corrected chi connectivity index (χ0v) is 16.5. The topological polar surface area (TPSA) is 99.5 Å². The number of amides is 1. The van der Waals surface area contributed by atoms with Crippen LogP contribution in [0, 0.1) is 5.82 Å². The van der Waals surface area contributed by atoms with Gasteiger partial charge in [-0.1, -0.05) is 17.7 Å². The van der Waals surface area contributed by atoms with Gasteiger partial charge in [0.05, 0.1) is 50.0 Å². The lowest BCUT2D eigenvalue weighted by Crippen LogP contribution is -2.19. The summed E-state index contributed by atoms with van der Waals surface area (Å²) in [6.07, 6.45) is 4.98. The van der Waals surface area contributed by atoms with Crippen LogP contribution in [0.4, 0.5) is 10.1 Å². The summed E-state index contributed by atoms with van der Waals surface area (Å²) in [7, 11) is 2.47. The number of aromatic nitrogens is 2. The highest BCUT2D eigenvalue weighted by Crippen LogP contribution is 2.21. The minimum Gasteiger partial charge on any atom is -0.469 e. The van der Waals surface area contributed by atoms with E-state index in [0.717, 1.165) is 6.08 Å². The number of carbonyl (C=O) groups excluding carboxylic acids is 3. The second-order valence-electron chi connectivity index (χ2n) is 5.88. The van der Waals surface area contributed by atoms with E-state index in [4.69, 9.17) is 11.6 Å². The standard InChI is InChI=1S/C19H19ClFN3O5/c1-28-18(26)8-13(9-19(27)29-2)24-11-12(10-22-24)23-17(25)7-6-14-15(20)4-3-5-16(14)21/h3-7,10-11,13H,8-9H2,1-2H3,(H,23,25). The molecule has 0 unspecified atom stereocenters. The maximum atomic E-state index is 13.7. The Kier molecular flexibility index (Phi) is 7.90. The summed E-state index contributed by atoms with van der Waals surface area (Å²) in [4.78, 5) is 35.3. The molecule has 0 bridgehead atoms. The van der Waals surface area contributed by atoms with Crippen molar-refractivity contribution < 1.29 is 28.2 Å². The van der Waals surface area contributed by atoms with Crippen molar-refractivity contribution in [3.8, 4) is 0 Å². The molecule has 1 N–H and O–H groups in total. The summed E-state index contributed by atoms with van der Waals surface area (Å²) in [5.41, 5.74) is 0.412. The molecule has 29 heavy (non-hydrogen) atoms. The van der Waals surface area contributed by atoms with E-state index in [2.05, 4.69) is 19.9 Å². The SMILES string of the molecule is COC(=O)CC(CC(=O)OC)n1cc(NC(=O)C=Cc2c(F)cccc2Cl)cn1. The molecule has 0 radical (unpaired) electrons. The quantitative estimate of drug-likeness (QED) is 0.517. The Morgan fingerprint density at radius 2 is 1.90 bits per heavy atom. The first-order chi connectivity index (χ1) is 13.8. The fourth-order valence-electron chi connectivity index (χ4n) is 2.43. The monoisotopic (exact) mass is 423 g/mol. The van der Waals surface area contributed by atoms with Gasteiger partial charge >= 0.3 is 11.9 Å². The van der Waals surface area contributed by atoms with Crippen LogP contribution in [-0.2, 0) is 23.9 Å². The zero-order valence-electron chi connectivity index (χ0n) is 15.7. The molecule has 1 aromatic carbocycles. The van der Waals surface area contributed by atoms with Crippen molar-refractivity contribution in [2.45, 2.75) is 18.9 Å². The van der Waals surface area contributed by atoms with Crippen molar-refractivity contribution in [2.75, 3.05) is 19.5 Å². The highest BCUT2D eigenvalue weighted by Gasteiger charge is 2.21. The lowest BCUT2D eigenvalue weighted by atomic mass is 10.1. The highest BCUT2D eigenvalue weighted by molar-refractivity contribution is 6.32. The molecule has 1 aromatic heterocycles. The summed E-state index contributed by atoms with van der Waals surface area (Å²) < 4.78 is 24.4. The predicted octanol–water partition coefficient (Wildman–Crippen LogP) is 2.99. The number of nitrogens with zero attached hydrogens (tertiary/aromatic N) is 2. The number of hydrogen-bond donors (Lipinski definition) is 1. The summed E-state index contributed by atoms with van der Waals surface area (Å²) in [5, 5.41) is 6.80. The van der Waals surface area contributed by atoms with Gasteiger partial charge in [-0.05, 0) is 18.2 Å². The minimum atomic E-state index is -0.645. The average molecular weight is 424 g/mol. The molecular formula is C19H19ClFN3O5. The number of anilines is 1. The molecule has 1 heterocycles. The fourth-order valence-corrected chi connectivity index (χ4v) is 2.65. The Hall–Kier alpha value is -3.20. The van der Waals surface area contributed by atoms with Crippen LogP contribution in [0.3, 0.4) is 0 Å². The summed E-state index contributed by atoms with van der Waals surface area (Å²) in [6.45, 7) is 0. The number of rotatable bonds is 8. The van der Waals surface area contributed by atoms with Gasteiger partial charge in [0.25, 0.3) is 0 Å². The number of nitrogens with one attached hydrogen (secondary N) is 1. The van der Waals surface area contributed by atoms with Crippen LogP contribution in [0.2, 0.25) is 5.02 Å². The van der Waals surface area contributed by atoms with Crippen LogP contribution < -0.4 is 5.32 Å². The number of hydrogen-bond acceptors (Lipinski definition) is 6. The van der Waals surface area contributed by atoms with Gasteiger partial charge in [0.15, 0.2) is 0 Å².